The molecule has 2 nitrogen and oxygen atoms in total. The Balaban J connectivity index is 1.89. The predicted octanol–water partition coefficient (Wildman–Crippen LogP) is 3.53. The predicted molar refractivity (Wildman–Crippen MR) is 76.0 cm³/mol. The van der Waals surface area contributed by atoms with Gasteiger partial charge in [0.05, 0.1) is 11.7 Å². The van der Waals surface area contributed by atoms with Crippen molar-refractivity contribution in [2.45, 2.75) is 63.4 Å². The summed E-state index contributed by atoms with van der Waals surface area (Å²) in [6, 6.07) is 6.00. The molecule has 0 aliphatic heterocycles. The van der Waals surface area contributed by atoms with Crippen LogP contribution < -0.4 is 5.32 Å². The van der Waals surface area contributed by atoms with E-state index in [-0.39, 0.29) is 12.1 Å². The van der Waals surface area contributed by atoms with E-state index in [1.165, 1.54) is 12.1 Å². The van der Waals surface area contributed by atoms with Gasteiger partial charge in [0.2, 0.25) is 0 Å². The van der Waals surface area contributed by atoms with Gasteiger partial charge in [0.25, 0.3) is 0 Å². The Labute approximate surface area is 123 Å². The molecular formula is C16H22F3NO. The fraction of sp³-hybridized carbons (Fsp3) is 0.625. The van der Waals surface area contributed by atoms with Crippen LogP contribution in [-0.2, 0) is 12.6 Å². The lowest BCUT2D eigenvalue weighted by molar-refractivity contribution is -0.137. The summed E-state index contributed by atoms with van der Waals surface area (Å²) >= 11 is 0. The van der Waals surface area contributed by atoms with Gasteiger partial charge in [0.1, 0.15) is 0 Å². The molecule has 0 spiro atoms. The Morgan fingerprint density at radius 3 is 2.52 bits per heavy atom. The number of aliphatic hydroxyl groups excluding tert-OH is 1. The molecule has 0 bridgehead atoms. The Morgan fingerprint density at radius 1 is 1.24 bits per heavy atom. The Hall–Kier alpha value is -1.07. The molecule has 0 aromatic heterocycles. The molecule has 1 saturated carbocycles. The van der Waals surface area contributed by atoms with E-state index >= 15 is 0 Å². The van der Waals surface area contributed by atoms with Gasteiger partial charge in [-0.05, 0) is 50.7 Å². The highest BCUT2D eigenvalue weighted by Gasteiger charge is 2.30. The first-order valence-corrected chi connectivity index (χ1v) is 7.45. The lowest BCUT2D eigenvalue weighted by Gasteiger charge is -2.29. The van der Waals surface area contributed by atoms with E-state index in [0.29, 0.717) is 18.0 Å². The number of alkyl halides is 3. The number of rotatable bonds is 4. The summed E-state index contributed by atoms with van der Waals surface area (Å²) in [5.41, 5.74) is 0.105. The highest BCUT2D eigenvalue weighted by atomic mass is 19.4. The van der Waals surface area contributed by atoms with Crippen LogP contribution in [0.1, 0.15) is 43.7 Å². The second-order valence-corrected chi connectivity index (χ2v) is 5.98. The third-order valence-corrected chi connectivity index (χ3v) is 4.01. The summed E-state index contributed by atoms with van der Waals surface area (Å²) < 4.78 is 38.0. The molecule has 0 amide bonds. The minimum atomic E-state index is -4.29. The normalized spacial score (nSPS) is 24.8. The van der Waals surface area contributed by atoms with Crippen molar-refractivity contribution in [1.82, 2.24) is 5.32 Å². The quantitative estimate of drug-likeness (QED) is 0.891. The molecule has 0 unspecified atom stereocenters. The van der Waals surface area contributed by atoms with Crippen LogP contribution >= 0.6 is 0 Å². The van der Waals surface area contributed by atoms with E-state index in [1.54, 1.807) is 6.07 Å². The molecule has 2 rings (SSSR count). The SMILES string of the molecule is C[C@H](Cc1cccc(C(F)(F)F)c1)NC1CCC(O)CC1. The van der Waals surface area contributed by atoms with Gasteiger partial charge >= 0.3 is 6.18 Å². The van der Waals surface area contributed by atoms with Crippen molar-refractivity contribution in [3.8, 4) is 0 Å². The van der Waals surface area contributed by atoms with E-state index in [4.69, 9.17) is 0 Å². The van der Waals surface area contributed by atoms with Gasteiger partial charge in [-0.15, -0.1) is 0 Å². The summed E-state index contributed by atoms with van der Waals surface area (Å²) in [6.07, 6.45) is -0.457. The molecule has 1 fully saturated rings. The first-order valence-electron chi connectivity index (χ1n) is 7.45. The first kappa shape index (κ1) is 16.3. The van der Waals surface area contributed by atoms with Gasteiger partial charge < -0.3 is 10.4 Å². The van der Waals surface area contributed by atoms with Crippen molar-refractivity contribution in [2.75, 3.05) is 0 Å². The molecule has 2 N–H and O–H groups in total. The minimum absolute atomic E-state index is 0.119. The van der Waals surface area contributed by atoms with E-state index in [0.717, 1.165) is 31.7 Å². The smallest absolute Gasteiger partial charge is 0.393 e. The number of benzene rings is 1. The first-order chi connectivity index (χ1) is 9.84. The molecule has 5 heteroatoms. The maximum absolute atomic E-state index is 12.7. The standard InChI is InChI=1S/C16H22F3NO/c1-11(20-14-5-7-15(21)8-6-14)9-12-3-2-4-13(10-12)16(17,18)19/h2-4,10-11,14-15,20-21H,5-9H2,1H3/t11-,14?,15?/m1/s1. The molecule has 1 aromatic rings. The number of hydrogen-bond donors (Lipinski definition) is 2. The van der Waals surface area contributed by atoms with Gasteiger partial charge in [0.15, 0.2) is 0 Å². The molecule has 0 saturated heterocycles. The number of halogens is 3. The van der Waals surface area contributed by atoms with Crippen molar-refractivity contribution in [3.63, 3.8) is 0 Å². The van der Waals surface area contributed by atoms with Crippen LogP contribution in [0.5, 0.6) is 0 Å². The highest BCUT2D eigenvalue weighted by Crippen LogP contribution is 2.29. The Bertz CT molecular complexity index is 453. The van der Waals surface area contributed by atoms with Gasteiger partial charge in [-0.25, -0.2) is 0 Å². The van der Waals surface area contributed by atoms with Crippen LogP contribution in [0.3, 0.4) is 0 Å². The molecule has 1 aliphatic carbocycles. The zero-order chi connectivity index (χ0) is 15.5. The molecule has 21 heavy (non-hydrogen) atoms. The van der Waals surface area contributed by atoms with Gasteiger partial charge in [-0.3, -0.25) is 0 Å². The summed E-state index contributed by atoms with van der Waals surface area (Å²) in [6.45, 7) is 1.99. The van der Waals surface area contributed by atoms with E-state index in [2.05, 4.69) is 5.32 Å². The summed E-state index contributed by atoms with van der Waals surface area (Å²) in [7, 11) is 0. The zero-order valence-corrected chi connectivity index (χ0v) is 12.2. The lowest BCUT2D eigenvalue weighted by atomic mass is 9.92. The average Bonchev–Trinajstić information content (AvgIpc) is 2.41. The van der Waals surface area contributed by atoms with Crippen molar-refractivity contribution in [1.29, 1.82) is 0 Å². The topological polar surface area (TPSA) is 32.3 Å². The summed E-state index contributed by atoms with van der Waals surface area (Å²) in [5.74, 6) is 0. The van der Waals surface area contributed by atoms with Gasteiger partial charge in [0, 0.05) is 12.1 Å². The maximum atomic E-state index is 12.7. The third-order valence-electron chi connectivity index (χ3n) is 4.01. The second-order valence-electron chi connectivity index (χ2n) is 5.98. The molecular weight excluding hydrogens is 279 g/mol. The largest absolute Gasteiger partial charge is 0.416 e. The monoisotopic (exact) mass is 301 g/mol. The maximum Gasteiger partial charge on any atom is 0.416 e. The summed E-state index contributed by atoms with van der Waals surface area (Å²) in [4.78, 5) is 0. The van der Waals surface area contributed by atoms with Crippen LogP contribution in [-0.4, -0.2) is 23.3 Å². The van der Waals surface area contributed by atoms with Crippen LogP contribution in [0.4, 0.5) is 13.2 Å². The lowest BCUT2D eigenvalue weighted by Crippen LogP contribution is -2.40. The van der Waals surface area contributed by atoms with E-state index in [1.807, 2.05) is 6.92 Å². The van der Waals surface area contributed by atoms with E-state index < -0.39 is 11.7 Å². The number of nitrogens with one attached hydrogen (secondary N) is 1. The molecule has 118 valence electrons. The van der Waals surface area contributed by atoms with Crippen molar-refractivity contribution in [2.24, 2.45) is 0 Å². The summed E-state index contributed by atoms with van der Waals surface area (Å²) in [5, 5.41) is 12.9. The third kappa shape index (κ3) is 5.00. The molecule has 1 atom stereocenters. The highest BCUT2D eigenvalue weighted by molar-refractivity contribution is 5.26. The van der Waals surface area contributed by atoms with Gasteiger partial charge in [-0.1, -0.05) is 18.2 Å². The molecule has 0 heterocycles. The fourth-order valence-corrected chi connectivity index (χ4v) is 2.93. The van der Waals surface area contributed by atoms with Crippen LogP contribution in [0.25, 0.3) is 0 Å². The molecule has 1 aromatic carbocycles. The van der Waals surface area contributed by atoms with Crippen molar-refractivity contribution < 1.29 is 18.3 Å². The van der Waals surface area contributed by atoms with E-state index in [9.17, 15) is 18.3 Å². The number of hydrogen-bond acceptors (Lipinski definition) is 2. The van der Waals surface area contributed by atoms with Crippen LogP contribution in [0.2, 0.25) is 0 Å². The second kappa shape index (κ2) is 6.79. The fourth-order valence-electron chi connectivity index (χ4n) is 2.93. The van der Waals surface area contributed by atoms with Crippen LogP contribution in [0, 0.1) is 0 Å². The van der Waals surface area contributed by atoms with Crippen molar-refractivity contribution in [3.05, 3.63) is 35.4 Å². The van der Waals surface area contributed by atoms with Gasteiger partial charge in [-0.2, -0.15) is 13.2 Å². The van der Waals surface area contributed by atoms with Crippen LogP contribution in [0.15, 0.2) is 24.3 Å². The zero-order valence-electron chi connectivity index (χ0n) is 12.2. The number of aliphatic hydroxyl groups is 1. The Kier molecular flexibility index (Phi) is 5.27. The van der Waals surface area contributed by atoms with Crippen molar-refractivity contribution >= 4 is 0 Å². The minimum Gasteiger partial charge on any atom is -0.393 e. The molecule has 1 aliphatic rings. The average molecular weight is 301 g/mol. The molecule has 0 radical (unpaired) electrons. The Morgan fingerprint density at radius 2 is 1.90 bits per heavy atom.